The predicted octanol–water partition coefficient (Wildman–Crippen LogP) is 2.58. The Kier molecular flexibility index (Phi) is 3.82. The molecule has 94 valence electrons. The normalized spacial score (nSPS) is 19.2. The van der Waals surface area contributed by atoms with Gasteiger partial charge in [0.25, 0.3) is 0 Å². The number of aromatic nitrogens is 2. The van der Waals surface area contributed by atoms with Crippen LogP contribution in [0.4, 0.5) is 5.95 Å². The molecule has 0 saturated carbocycles. The van der Waals surface area contributed by atoms with E-state index in [1.54, 1.807) is 13.3 Å². The third-order valence-corrected chi connectivity index (χ3v) is 4.44. The Morgan fingerprint density at radius 3 is 2.94 bits per heavy atom. The van der Waals surface area contributed by atoms with E-state index in [1.165, 1.54) is 0 Å². The van der Waals surface area contributed by atoms with Crippen LogP contribution in [-0.4, -0.2) is 40.7 Å². The minimum Gasteiger partial charge on any atom is -0.480 e. The number of anilines is 1. The van der Waals surface area contributed by atoms with Gasteiger partial charge in [-0.15, -0.1) is 0 Å². The van der Waals surface area contributed by atoms with E-state index in [1.807, 2.05) is 11.8 Å². The van der Waals surface area contributed by atoms with Gasteiger partial charge in [0, 0.05) is 23.6 Å². The summed E-state index contributed by atoms with van der Waals surface area (Å²) in [7, 11) is 1.62. The van der Waals surface area contributed by atoms with Gasteiger partial charge in [0.05, 0.1) is 17.8 Å². The molecule has 1 aromatic rings. The van der Waals surface area contributed by atoms with Crippen molar-refractivity contribution in [1.82, 2.24) is 9.97 Å². The monoisotopic (exact) mass is 317 g/mol. The number of ether oxygens (including phenoxy) is 1. The van der Waals surface area contributed by atoms with E-state index in [0.717, 1.165) is 29.3 Å². The van der Waals surface area contributed by atoms with Crippen LogP contribution in [0.15, 0.2) is 10.7 Å². The molecule has 1 fully saturated rings. The van der Waals surface area contributed by atoms with Crippen molar-refractivity contribution in [2.24, 2.45) is 0 Å². The number of thioether (sulfide) groups is 1. The minimum atomic E-state index is 0.252. The summed E-state index contributed by atoms with van der Waals surface area (Å²) in [4.78, 5) is 11.0. The molecule has 1 aliphatic rings. The van der Waals surface area contributed by atoms with Crippen LogP contribution < -0.4 is 9.64 Å². The molecular formula is C11H16BrN3OS. The molecular weight excluding hydrogens is 302 g/mol. The maximum Gasteiger partial charge on any atom is 0.232 e. The molecule has 6 heteroatoms. The standard InChI is InChI=1S/C11H16BrN3OS/c1-11(2)7-15(4-5-17-11)10-13-6-8(12)9(14-10)16-3/h6H,4-5,7H2,1-3H3. The highest BCUT2D eigenvalue weighted by molar-refractivity contribution is 9.10. The summed E-state index contributed by atoms with van der Waals surface area (Å²) in [6.07, 6.45) is 1.75. The zero-order chi connectivity index (χ0) is 12.5. The Morgan fingerprint density at radius 2 is 2.29 bits per heavy atom. The smallest absolute Gasteiger partial charge is 0.232 e. The lowest BCUT2D eigenvalue weighted by molar-refractivity contribution is 0.393. The van der Waals surface area contributed by atoms with E-state index in [0.29, 0.717) is 5.88 Å². The van der Waals surface area contributed by atoms with Crippen molar-refractivity contribution in [3.05, 3.63) is 10.7 Å². The van der Waals surface area contributed by atoms with E-state index in [9.17, 15) is 0 Å². The maximum absolute atomic E-state index is 5.20. The molecule has 4 nitrogen and oxygen atoms in total. The summed E-state index contributed by atoms with van der Waals surface area (Å²) in [5.41, 5.74) is 0. The van der Waals surface area contributed by atoms with E-state index in [4.69, 9.17) is 4.74 Å². The molecule has 0 aromatic carbocycles. The van der Waals surface area contributed by atoms with Gasteiger partial charge in [0.15, 0.2) is 0 Å². The second-order valence-corrected chi connectivity index (χ2v) is 7.21. The van der Waals surface area contributed by atoms with Gasteiger partial charge in [0.2, 0.25) is 11.8 Å². The highest BCUT2D eigenvalue weighted by atomic mass is 79.9. The molecule has 0 spiro atoms. The Labute approximate surface area is 114 Å². The lowest BCUT2D eigenvalue weighted by Gasteiger charge is -2.37. The van der Waals surface area contributed by atoms with Crippen molar-refractivity contribution in [2.45, 2.75) is 18.6 Å². The van der Waals surface area contributed by atoms with Crippen molar-refractivity contribution in [3.8, 4) is 5.88 Å². The van der Waals surface area contributed by atoms with Gasteiger partial charge in [-0.1, -0.05) is 0 Å². The summed E-state index contributed by atoms with van der Waals surface area (Å²) in [5.74, 6) is 2.44. The summed E-state index contributed by atoms with van der Waals surface area (Å²) in [6.45, 7) is 6.45. The van der Waals surface area contributed by atoms with Crippen molar-refractivity contribution in [2.75, 3.05) is 30.9 Å². The molecule has 0 N–H and O–H groups in total. The molecule has 2 heterocycles. The minimum absolute atomic E-state index is 0.252. The molecule has 1 saturated heterocycles. The highest BCUT2D eigenvalue weighted by Crippen LogP contribution is 2.32. The van der Waals surface area contributed by atoms with Crippen molar-refractivity contribution >= 4 is 33.6 Å². The zero-order valence-corrected chi connectivity index (χ0v) is 12.6. The van der Waals surface area contributed by atoms with Gasteiger partial charge in [-0.3, -0.25) is 0 Å². The van der Waals surface area contributed by atoms with Gasteiger partial charge in [-0.2, -0.15) is 16.7 Å². The van der Waals surface area contributed by atoms with Crippen LogP contribution >= 0.6 is 27.7 Å². The molecule has 1 aliphatic heterocycles. The number of halogens is 1. The van der Waals surface area contributed by atoms with Crippen LogP contribution in [0.1, 0.15) is 13.8 Å². The zero-order valence-electron chi connectivity index (χ0n) is 10.2. The number of hydrogen-bond donors (Lipinski definition) is 0. The fourth-order valence-electron chi connectivity index (χ4n) is 1.83. The quantitative estimate of drug-likeness (QED) is 0.838. The number of nitrogens with zero attached hydrogens (tertiary/aromatic N) is 3. The number of hydrogen-bond acceptors (Lipinski definition) is 5. The average Bonchev–Trinajstić information content (AvgIpc) is 2.28. The molecule has 0 unspecified atom stereocenters. The van der Waals surface area contributed by atoms with E-state index >= 15 is 0 Å². The van der Waals surface area contributed by atoms with Crippen molar-refractivity contribution in [1.29, 1.82) is 0 Å². The molecule has 0 aliphatic carbocycles. The Bertz CT molecular complexity index is 414. The van der Waals surface area contributed by atoms with E-state index < -0.39 is 0 Å². The molecule has 0 amide bonds. The third kappa shape index (κ3) is 3.04. The molecule has 17 heavy (non-hydrogen) atoms. The van der Waals surface area contributed by atoms with Gasteiger partial charge in [-0.05, 0) is 29.8 Å². The summed E-state index contributed by atoms with van der Waals surface area (Å²) in [6, 6.07) is 0. The predicted molar refractivity (Wildman–Crippen MR) is 75.0 cm³/mol. The van der Waals surface area contributed by atoms with Crippen LogP contribution in [0.2, 0.25) is 0 Å². The summed E-state index contributed by atoms with van der Waals surface area (Å²) < 4.78 is 6.24. The van der Waals surface area contributed by atoms with Gasteiger partial charge in [0.1, 0.15) is 0 Å². The first-order valence-corrected chi connectivity index (χ1v) is 7.25. The van der Waals surface area contributed by atoms with Crippen molar-refractivity contribution in [3.63, 3.8) is 0 Å². The van der Waals surface area contributed by atoms with E-state index in [2.05, 4.69) is 44.6 Å². The number of methoxy groups -OCH3 is 1. The average molecular weight is 318 g/mol. The summed E-state index contributed by atoms with van der Waals surface area (Å²) >= 11 is 5.36. The lowest BCUT2D eigenvalue weighted by Crippen LogP contribution is -2.43. The van der Waals surface area contributed by atoms with Gasteiger partial charge >= 0.3 is 0 Å². The van der Waals surface area contributed by atoms with Crippen LogP contribution in [-0.2, 0) is 0 Å². The third-order valence-electron chi connectivity index (χ3n) is 2.60. The highest BCUT2D eigenvalue weighted by Gasteiger charge is 2.28. The van der Waals surface area contributed by atoms with Crippen LogP contribution in [0.5, 0.6) is 5.88 Å². The van der Waals surface area contributed by atoms with E-state index in [-0.39, 0.29) is 4.75 Å². The lowest BCUT2D eigenvalue weighted by atomic mass is 10.2. The molecule has 1 aromatic heterocycles. The molecule has 0 radical (unpaired) electrons. The SMILES string of the molecule is COc1nc(N2CCSC(C)(C)C2)ncc1Br. The van der Waals surface area contributed by atoms with Crippen LogP contribution in [0, 0.1) is 0 Å². The van der Waals surface area contributed by atoms with Gasteiger partial charge < -0.3 is 9.64 Å². The largest absolute Gasteiger partial charge is 0.480 e. The Balaban J connectivity index is 2.22. The summed E-state index contributed by atoms with van der Waals surface area (Å²) in [5, 5.41) is 0. The first-order chi connectivity index (χ1) is 8.02. The second kappa shape index (κ2) is 5.02. The van der Waals surface area contributed by atoms with Crippen molar-refractivity contribution < 1.29 is 4.74 Å². The topological polar surface area (TPSA) is 38.2 Å². The number of rotatable bonds is 2. The fraction of sp³-hybridized carbons (Fsp3) is 0.636. The maximum atomic E-state index is 5.20. The second-order valence-electron chi connectivity index (χ2n) is 4.56. The molecule has 0 bridgehead atoms. The Morgan fingerprint density at radius 1 is 1.53 bits per heavy atom. The van der Waals surface area contributed by atoms with Crippen LogP contribution in [0.3, 0.4) is 0 Å². The first-order valence-electron chi connectivity index (χ1n) is 5.47. The fourth-order valence-corrected chi connectivity index (χ4v) is 3.29. The van der Waals surface area contributed by atoms with Gasteiger partial charge in [-0.25, -0.2) is 4.98 Å². The molecule has 0 atom stereocenters. The molecule has 2 rings (SSSR count). The van der Waals surface area contributed by atoms with Crippen LogP contribution in [0.25, 0.3) is 0 Å². The first kappa shape index (κ1) is 13.0. The Hall–Kier alpha value is -0.490.